The van der Waals surface area contributed by atoms with Crippen LogP contribution in [0, 0.1) is 41.4 Å². The first-order chi connectivity index (χ1) is 26.1. The van der Waals surface area contributed by atoms with Gasteiger partial charge in [0.2, 0.25) is 0 Å². The van der Waals surface area contributed by atoms with E-state index in [0.29, 0.717) is 43.6 Å². The summed E-state index contributed by atoms with van der Waals surface area (Å²) in [5.41, 5.74) is -1.25. The van der Waals surface area contributed by atoms with Gasteiger partial charge in [0.05, 0.1) is 17.7 Å². The normalized spacial score (nSPS) is 24.1. The van der Waals surface area contributed by atoms with Crippen molar-refractivity contribution in [2.24, 2.45) is 41.4 Å². The molecule has 2 saturated carbocycles. The van der Waals surface area contributed by atoms with E-state index in [2.05, 4.69) is 29.0 Å². The molecule has 55 heavy (non-hydrogen) atoms. The Morgan fingerprint density at radius 2 is 1.44 bits per heavy atom. The number of esters is 1. The molecule has 5 nitrogen and oxygen atoms in total. The van der Waals surface area contributed by atoms with Crippen molar-refractivity contribution in [3.8, 4) is 0 Å². The van der Waals surface area contributed by atoms with Crippen LogP contribution in [0.25, 0.3) is 0 Å². The van der Waals surface area contributed by atoms with E-state index < -0.39 is 23.5 Å². The number of benzene rings is 2. The SMILES string of the molecule is [B]c1cnc(CC(Cc2cc(C(F)(F)F)cc(C(F)(F)F)c2)C[C@H]2C[C@@H](CC)CC(C(=O)C3CCC(CC(=O)OCC)CC3)[C@@H](Cc3ccccc3)C2)nc1. The van der Waals surface area contributed by atoms with Gasteiger partial charge in [0.15, 0.2) is 0 Å². The summed E-state index contributed by atoms with van der Waals surface area (Å²) in [6, 6.07) is 11.8. The highest BCUT2D eigenvalue weighted by Gasteiger charge is 2.41. The highest BCUT2D eigenvalue weighted by molar-refractivity contribution is 6.31. The van der Waals surface area contributed by atoms with E-state index in [9.17, 15) is 35.9 Å². The zero-order valence-corrected chi connectivity index (χ0v) is 31.7. The monoisotopic (exact) mass is 768 g/mol. The number of hydrogen-bond acceptors (Lipinski definition) is 5. The molecular formula is C43H51BF6N2O3. The maximum absolute atomic E-state index is 14.6. The van der Waals surface area contributed by atoms with E-state index in [1.54, 1.807) is 6.92 Å². The second-order valence-corrected chi connectivity index (χ2v) is 15.9. The molecule has 0 saturated heterocycles. The molecule has 2 radical (unpaired) electrons. The number of ether oxygens (including phenoxy) is 1. The fourth-order valence-corrected chi connectivity index (χ4v) is 9.14. The second kappa shape index (κ2) is 19.0. The number of alkyl halides is 6. The summed E-state index contributed by atoms with van der Waals surface area (Å²) in [5, 5.41) is 0. The van der Waals surface area contributed by atoms with Crippen LogP contribution in [0.2, 0.25) is 0 Å². The lowest BCUT2D eigenvalue weighted by molar-refractivity contribution is -0.145. The van der Waals surface area contributed by atoms with Gasteiger partial charge < -0.3 is 4.74 Å². The molecule has 0 amide bonds. The number of halogens is 6. The highest BCUT2D eigenvalue weighted by Crippen LogP contribution is 2.45. The minimum absolute atomic E-state index is 0.00696. The van der Waals surface area contributed by atoms with Crippen molar-refractivity contribution in [3.05, 3.63) is 89.0 Å². The molecule has 0 aliphatic heterocycles. The van der Waals surface area contributed by atoms with Crippen LogP contribution in [0.1, 0.15) is 106 Å². The Morgan fingerprint density at radius 3 is 2.02 bits per heavy atom. The third kappa shape index (κ3) is 12.4. The molecule has 2 aliphatic rings. The number of carbonyl (C=O) groups excluding carboxylic acids is 2. The van der Waals surface area contributed by atoms with Crippen LogP contribution in [0.5, 0.6) is 0 Å². The third-order valence-corrected chi connectivity index (χ3v) is 11.8. The minimum atomic E-state index is -4.95. The molecule has 1 aromatic heterocycles. The van der Waals surface area contributed by atoms with E-state index in [0.717, 1.165) is 62.6 Å². The molecule has 5 atom stereocenters. The van der Waals surface area contributed by atoms with Gasteiger partial charge in [-0.1, -0.05) is 49.1 Å². The van der Waals surface area contributed by atoms with Gasteiger partial charge in [0.1, 0.15) is 19.5 Å². The highest BCUT2D eigenvalue weighted by atomic mass is 19.4. The molecule has 0 bridgehead atoms. The first-order valence-corrected chi connectivity index (χ1v) is 19.7. The van der Waals surface area contributed by atoms with E-state index in [-0.39, 0.29) is 77.6 Å². The first kappa shape index (κ1) is 42.4. The Morgan fingerprint density at radius 1 is 0.800 bits per heavy atom. The van der Waals surface area contributed by atoms with Gasteiger partial charge >= 0.3 is 18.3 Å². The summed E-state index contributed by atoms with van der Waals surface area (Å²) < 4.78 is 88.4. The van der Waals surface area contributed by atoms with Gasteiger partial charge in [-0.3, -0.25) is 9.59 Å². The van der Waals surface area contributed by atoms with Crippen molar-refractivity contribution < 1.29 is 40.7 Å². The zero-order valence-electron chi connectivity index (χ0n) is 31.7. The Kier molecular flexibility index (Phi) is 14.6. The van der Waals surface area contributed by atoms with Crippen molar-refractivity contribution in [2.75, 3.05) is 6.61 Å². The second-order valence-electron chi connectivity index (χ2n) is 15.9. The Labute approximate surface area is 321 Å². The Bertz CT molecular complexity index is 1660. The van der Waals surface area contributed by atoms with Crippen LogP contribution in [0.3, 0.4) is 0 Å². The van der Waals surface area contributed by atoms with Crippen molar-refractivity contribution in [3.63, 3.8) is 0 Å². The molecule has 2 unspecified atom stereocenters. The maximum atomic E-state index is 14.6. The van der Waals surface area contributed by atoms with Crippen LogP contribution in [0.15, 0.2) is 60.9 Å². The fraction of sp³-hybridized carbons (Fsp3) is 0.581. The zero-order chi connectivity index (χ0) is 39.8. The Balaban J connectivity index is 1.43. The number of carbonyl (C=O) groups is 2. The minimum Gasteiger partial charge on any atom is -0.466 e. The third-order valence-electron chi connectivity index (χ3n) is 11.8. The van der Waals surface area contributed by atoms with Gasteiger partial charge in [0, 0.05) is 37.1 Å². The predicted molar refractivity (Wildman–Crippen MR) is 199 cm³/mol. The molecular weight excluding hydrogens is 717 g/mol. The Hall–Kier alpha value is -3.70. The van der Waals surface area contributed by atoms with Gasteiger partial charge in [-0.05, 0) is 130 Å². The van der Waals surface area contributed by atoms with Gasteiger partial charge in [-0.15, -0.1) is 0 Å². The topological polar surface area (TPSA) is 69.2 Å². The van der Waals surface area contributed by atoms with Crippen molar-refractivity contribution in [1.82, 2.24) is 9.97 Å². The van der Waals surface area contributed by atoms with E-state index in [4.69, 9.17) is 12.6 Å². The molecule has 3 aromatic rings. The van der Waals surface area contributed by atoms with E-state index in [1.807, 2.05) is 18.2 Å². The standard InChI is InChI=1S/C43H51BF6N2O3/c1-3-27-14-30(15-31(22-39-51-25-37(44)26-52-39)16-32-19-35(42(45,46)47)24-36(20-32)43(48,49)50)18-34(17-28-8-6-5-7-9-28)38(21-27)41(54)33-12-10-29(11-13-33)23-40(53)55-4-2/h5-9,19-20,24-27,29-31,33-34,38H,3-4,10-18,21-23H2,1-2H3/t27-,29?,30-,31?,33?,34+,38?/m1/s1. The lowest BCUT2D eigenvalue weighted by Gasteiger charge is -2.33. The summed E-state index contributed by atoms with van der Waals surface area (Å²) >= 11 is 0. The van der Waals surface area contributed by atoms with Crippen LogP contribution >= 0.6 is 0 Å². The van der Waals surface area contributed by atoms with Crippen LogP contribution < -0.4 is 5.46 Å². The molecule has 2 aliphatic carbocycles. The fourth-order valence-electron chi connectivity index (χ4n) is 9.14. The largest absolute Gasteiger partial charge is 0.466 e. The molecule has 0 spiro atoms. The summed E-state index contributed by atoms with van der Waals surface area (Å²) in [7, 11) is 5.82. The first-order valence-electron chi connectivity index (χ1n) is 19.7. The van der Waals surface area contributed by atoms with Crippen molar-refractivity contribution in [1.29, 1.82) is 0 Å². The maximum Gasteiger partial charge on any atom is 0.416 e. The van der Waals surface area contributed by atoms with Crippen molar-refractivity contribution >= 4 is 25.1 Å². The smallest absolute Gasteiger partial charge is 0.416 e. The number of ketones is 1. The number of hydrogen-bond donors (Lipinski definition) is 0. The lowest BCUT2D eigenvalue weighted by Crippen LogP contribution is -2.34. The van der Waals surface area contributed by atoms with Gasteiger partial charge in [-0.25, -0.2) is 9.97 Å². The van der Waals surface area contributed by atoms with Gasteiger partial charge in [0.25, 0.3) is 0 Å². The summed E-state index contributed by atoms with van der Waals surface area (Å²) in [6.45, 7) is 4.25. The molecule has 2 aromatic carbocycles. The summed E-state index contributed by atoms with van der Waals surface area (Å²) in [6.07, 6.45) is 0.928. The predicted octanol–water partition coefficient (Wildman–Crippen LogP) is 9.73. The molecule has 296 valence electrons. The summed E-state index contributed by atoms with van der Waals surface area (Å²) in [5.74, 6) is 0.338. The van der Waals surface area contributed by atoms with Crippen LogP contribution in [0.4, 0.5) is 26.3 Å². The van der Waals surface area contributed by atoms with Crippen molar-refractivity contribution in [2.45, 2.75) is 110 Å². The molecule has 0 N–H and O–H groups in total. The van der Waals surface area contributed by atoms with E-state index >= 15 is 0 Å². The molecule has 2 fully saturated rings. The molecule has 1 heterocycles. The summed E-state index contributed by atoms with van der Waals surface area (Å²) in [4.78, 5) is 35.4. The van der Waals surface area contributed by atoms with Crippen LogP contribution in [-0.2, 0) is 45.9 Å². The molecule has 12 heteroatoms. The number of nitrogens with zero attached hydrogens (tertiary/aromatic N) is 2. The number of Topliss-reactive ketones (excluding diaryl/α,β-unsaturated/α-hetero) is 1. The van der Waals surface area contributed by atoms with E-state index in [1.165, 1.54) is 12.4 Å². The average molecular weight is 769 g/mol. The number of aromatic nitrogens is 2. The number of rotatable bonds is 14. The van der Waals surface area contributed by atoms with Crippen LogP contribution in [-0.4, -0.2) is 36.2 Å². The lowest BCUT2D eigenvalue weighted by atomic mass is 9.70. The molecule has 5 rings (SSSR count). The average Bonchev–Trinajstić information content (AvgIpc) is 3.30. The van der Waals surface area contributed by atoms with Gasteiger partial charge in [-0.2, -0.15) is 26.3 Å². The quantitative estimate of drug-likeness (QED) is 0.0708.